The highest BCUT2D eigenvalue weighted by molar-refractivity contribution is 6.34. The summed E-state index contributed by atoms with van der Waals surface area (Å²) < 4.78 is 7.73. The number of benzene rings is 2. The second kappa shape index (κ2) is 10.1. The molecule has 0 spiro atoms. The zero-order valence-electron chi connectivity index (χ0n) is 19.4. The van der Waals surface area contributed by atoms with Crippen molar-refractivity contribution in [2.45, 2.75) is 33.2 Å². The lowest BCUT2D eigenvalue weighted by Crippen LogP contribution is -2.12. The molecule has 2 N–H and O–H groups in total. The van der Waals surface area contributed by atoms with E-state index in [2.05, 4.69) is 38.9 Å². The third-order valence-corrected chi connectivity index (χ3v) is 6.14. The molecule has 0 unspecified atom stereocenters. The van der Waals surface area contributed by atoms with Gasteiger partial charge in [0.2, 0.25) is 0 Å². The number of hydrogen-bond acceptors (Lipinski definition) is 5. The van der Waals surface area contributed by atoms with Crippen LogP contribution in [-0.2, 0) is 13.0 Å². The summed E-state index contributed by atoms with van der Waals surface area (Å²) in [6.45, 7) is 5.50. The molecule has 176 valence electrons. The number of carbonyl (C=O) groups is 1. The third-order valence-electron chi connectivity index (χ3n) is 5.84. The predicted octanol–water partition coefficient (Wildman–Crippen LogP) is 5.83. The normalized spacial score (nSPS) is 11.1. The maximum atomic E-state index is 11.6. The molecule has 4 aromatic rings. The molecule has 2 heterocycles. The molecule has 7 nitrogen and oxygen atoms in total. The minimum atomic E-state index is -1.02. The number of anilines is 1. The molecular weight excluding hydrogens is 452 g/mol. The highest BCUT2D eigenvalue weighted by Crippen LogP contribution is 2.30. The lowest BCUT2D eigenvalue weighted by Gasteiger charge is -2.12. The van der Waals surface area contributed by atoms with Crippen molar-refractivity contribution in [1.82, 2.24) is 14.5 Å². The summed E-state index contributed by atoms with van der Waals surface area (Å²) in [4.78, 5) is 20.4. The number of aromatic nitrogens is 3. The molecule has 0 saturated carbocycles. The van der Waals surface area contributed by atoms with Crippen molar-refractivity contribution in [3.8, 4) is 17.0 Å². The van der Waals surface area contributed by atoms with Gasteiger partial charge in [0.25, 0.3) is 0 Å². The SMILES string of the molecule is CCCc1cc(-c2cc(NCCn3c(C)cc4c(OC)cccc43)ncn2)cc(Cl)c1C(=O)O. The van der Waals surface area contributed by atoms with Crippen LogP contribution >= 0.6 is 11.6 Å². The summed E-state index contributed by atoms with van der Waals surface area (Å²) in [6.07, 6.45) is 2.94. The molecule has 0 fully saturated rings. The van der Waals surface area contributed by atoms with Crippen LogP contribution < -0.4 is 10.1 Å². The summed E-state index contributed by atoms with van der Waals surface area (Å²) in [7, 11) is 1.68. The summed E-state index contributed by atoms with van der Waals surface area (Å²) in [6, 6.07) is 13.5. The molecule has 0 aliphatic carbocycles. The molecule has 2 aromatic heterocycles. The van der Waals surface area contributed by atoms with Crippen molar-refractivity contribution in [2.24, 2.45) is 0 Å². The van der Waals surface area contributed by atoms with Crippen LogP contribution in [0.1, 0.15) is 35.0 Å². The fraction of sp³-hybridized carbons (Fsp3) is 0.269. The molecule has 0 bridgehead atoms. The zero-order chi connectivity index (χ0) is 24.2. The molecule has 0 aliphatic rings. The van der Waals surface area contributed by atoms with E-state index in [1.165, 1.54) is 6.33 Å². The molecule has 2 aromatic carbocycles. The second-order valence-electron chi connectivity index (χ2n) is 8.09. The second-order valence-corrected chi connectivity index (χ2v) is 8.50. The highest BCUT2D eigenvalue weighted by Gasteiger charge is 2.17. The van der Waals surface area contributed by atoms with Gasteiger partial charge < -0.3 is 19.7 Å². The van der Waals surface area contributed by atoms with E-state index >= 15 is 0 Å². The fourth-order valence-electron chi connectivity index (χ4n) is 4.29. The van der Waals surface area contributed by atoms with Gasteiger partial charge in [-0.15, -0.1) is 0 Å². The van der Waals surface area contributed by atoms with Crippen LogP contribution in [0, 0.1) is 6.92 Å². The number of rotatable bonds is 9. The Hall–Kier alpha value is -3.58. The van der Waals surface area contributed by atoms with Gasteiger partial charge in [0, 0.05) is 35.8 Å². The van der Waals surface area contributed by atoms with E-state index in [0.29, 0.717) is 30.0 Å². The van der Waals surface area contributed by atoms with Crippen molar-refractivity contribution in [2.75, 3.05) is 19.0 Å². The number of nitrogens with one attached hydrogen (secondary N) is 1. The molecule has 34 heavy (non-hydrogen) atoms. The van der Waals surface area contributed by atoms with Crippen LogP contribution in [0.5, 0.6) is 5.75 Å². The summed E-state index contributed by atoms with van der Waals surface area (Å²) in [5.41, 5.74) is 4.59. The van der Waals surface area contributed by atoms with E-state index in [-0.39, 0.29) is 10.6 Å². The van der Waals surface area contributed by atoms with Crippen LogP contribution in [0.2, 0.25) is 5.02 Å². The van der Waals surface area contributed by atoms with Gasteiger partial charge in [0.15, 0.2) is 0 Å². The van der Waals surface area contributed by atoms with E-state index in [4.69, 9.17) is 16.3 Å². The van der Waals surface area contributed by atoms with Gasteiger partial charge in [0.1, 0.15) is 17.9 Å². The Morgan fingerprint density at radius 3 is 2.76 bits per heavy atom. The lowest BCUT2D eigenvalue weighted by molar-refractivity contribution is 0.0696. The summed E-state index contributed by atoms with van der Waals surface area (Å²) in [5, 5.41) is 14.2. The standard InChI is InChI=1S/C26H27ClN4O3/c1-4-6-17-12-18(13-20(27)25(17)26(32)33)21-14-24(30-15-29-21)28-9-10-31-16(2)11-19-22(31)7-5-8-23(19)34-3/h5,7-8,11-15H,4,6,9-10H2,1-3H3,(H,32,33)(H,28,29,30). The van der Waals surface area contributed by atoms with Crippen molar-refractivity contribution in [1.29, 1.82) is 0 Å². The number of ether oxygens (including phenoxy) is 1. The van der Waals surface area contributed by atoms with Gasteiger partial charge in [0.05, 0.1) is 28.9 Å². The van der Waals surface area contributed by atoms with E-state index in [1.807, 2.05) is 31.2 Å². The number of aryl methyl sites for hydroxylation is 2. The van der Waals surface area contributed by atoms with Crippen molar-refractivity contribution in [3.05, 3.63) is 70.6 Å². The molecule has 8 heteroatoms. The van der Waals surface area contributed by atoms with E-state index < -0.39 is 5.97 Å². The van der Waals surface area contributed by atoms with Gasteiger partial charge in [-0.1, -0.05) is 31.0 Å². The van der Waals surface area contributed by atoms with Crippen LogP contribution in [-0.4, -0.2) is 39.3 Å². The maximum Gasteiger partial charge on any atom is 0.337 e. The first-order chi connectivity index (χ1) is 16.4. The molecule has 0 aliphatic heterocycles. The number of carboxylic acids is 1. The number of aromatic carboxylic acids is 1. The Morgan fingerprint density at radius 1 is 1.21 bits per heavy atom. The Kier molecular flexibility index (Phi) is 7.03. The Bertz CT molecular complexity index is 1350. The number of nitrogens with zero attached hydrogens (tertiary/aromatic N) is 3. The fourth-order valence-corrected chi connectivity index (χ4v) is 4.61. The van der Waals surface area contributed by atoms with E-state index in [9.17, 15) is 9.90 Å². The molecule has 0 atom stereocenters. The first-order valence-corrected chi connectivity index (χ1v) is 11.6. The van der Waals surface area contributed by atoms with E-state index in [0.717, 1.165) is 40.9 Å². The summed E-state index contributed by atoms with van der Waals surface area (Å²) >= 11 is 6.33. The van der Waals surface area contributed by atoms with Crippen molar-refractivity contribution >= 4 is 34.3 Å². The molecule has 0 amide bonds. The number of methoxy groups -OCH3 is 1. The molecule has 4 rings (SSSR count). The lowest BCUT2D eigenvalue weighted by atomic mass is 9.98. The van der Waals surface area contributed by atoms with Crippen LogP contribution in [0.25, 0.3) is 22.2 Å². The quantitative estimate of drug-likeness (QED) is 0.314. The summed E-state index contributed by atoms with van der Waals surface area (Å²) in [5.74, 6) is 0.533. The van der Waals surface area contributed by atoms with Gasteiger partial charge in [-0.3, -0.25) is 0 Å². The topological polar surface area (TPSA) is 89.3 Å². The van der Waals surface area contributed by atoms with Crippen LogP contribution in [0.4, 0.5) is 5.82 Å². The Morgan fingerprint density at radius 2 is 2.03 bits per heavy atom. The van der Waals surface area contributed by atoms with Gasteiger partial charge in [-0.2, -0.15) is 0 Å². The Balaban J connectivity index is 1.54. The highest BCUT2D eigenvalue weighted by atomic mass is 35.5. The van der Waals surface area contributed by atoms with Gasteiger partial charge in [-0.25, -0.2) is 14.8 Å². The Labute approximate surface area is 203 Å². The molecular formula is C26H27ClN4O3. The number of carboxylic acid groups (broad SMARTS) is 1. The van der Waals surface area contributed by atoms with Crippen molar-refractivity contribution in [3.63, 3.8) is 0 Å². The average Bonchev–Trinajstić information content (AvgIpc) is 3.14. The number of hydrogen-bond donors (Lipinski definition) is 2. The van der Waals surface area contributed by atoms with Crippen LogP contribution in [0.15, 0.2) is 48.8 Å². The molecule has 0 radical (unpaired) electrons. The molecule has 0 saturated heterocycles. The first-order valence-electron chi connectivity index (χ1n) is 11.2. The monoisotopic (exact) mass is 478 g/mol. The third kappa shape index (κ3) is 4.70. The van der Waals surface area contributed by atoms with Gasteiger partial charge >= 0.3 is 5.97 Å². The predicted molar refractivity (Wildman–Crippen MR) is 135 cm³/mol. The van der Waals surface area contributed by atoms with Gasteiger partial charge in [-0.05, 0) is 49.2 Å². The minimum Gasteiger partial charge on any atom is -0.496 e. The number of halogens is 1. The largest absolute Gasteiger partial charge is 0.496 e. The zero-order valence-corrected chi connectivity index (χ0v) is 20.2. The van der Waals surface area contributed by atoms with Crippen molar-refractivity contribution < 1.29 is 14.6 Å². The maximum absolute atomic E-state index is 11.6. The average molecular weight is 479 g/mol. The van der Waals surface area contributed by atoms with E-state index in [1.54, 1.807) is 13.2 Å². The smallest absolute Gasteiger partial charge is 0.337 e. The minimum absolute atomic E-state index is 0.158. The first kappa shape index (κ1) is 23.6. The van der Waals surface area contributed by atoms with Crippen LogP contribution in [0.3, 0.4) is 0 Å². The number of fused-ring (bicyclic) bond motifs is 1.